The van der Waals surface area contributed by atoms with Crippen LogP contribution >= 0.6 is 0 Å². The Labute approximate surface area is 107 Å². The zero-order chi connectivity index (χ0) is 13.0. The molecule has 0 fully saturated rings. The topological polar surface area (TPSA) is 34.7 Å². The molecule has 0 saturated heterocycles. The molecule has 2 aromatic rings. The van der Waals surface area contributed by atoms with Crippen molar-refractivity contribution < 1.29 is 14.1 Å². The van der Waals surface area contributed by atoms with Gasteiger partial charge >= 0.3 is 0 Å². The lowest BCUT2D eigenvalue weighted by atomic mass is 10.0. The van der Waals surface area contributed by atoms with Crippen molar-refractivity contribution >= 4 is 5.78 Å². The van der Waals surface area contributed by atoms with Crippen molar-refractivity contribution in [3.8, 4) is 0 Å². The van der Waals surface area contributed by atoms with E-state index in [1.54, 1.807) is 12.1 Å². The second kappa shape index (κ2) is 5.65. The normalized spacial score (nSPS) is 12.6. The highest BCUT2D eigenvalue weighted by Crippen LogP contribution is 2.08. The van der Waals surface area contributed by atoms with Gasteiger partial charge in [-0.05, 0) is 17.7 Å². The maximum atomic E-state index is 12.3. The van der Waals surface area contributed by atoms with Crippen LogP contribution in [0.3, 0.4) is 0 Å². The summed E-state index contributed by atoms with van der Waals surface area (Å²) in [5.74, 6) is 0.501. The third kappa shape index (κ3) is 2.87. The van der Waals surface area contributed by atoms with E-state index >= 15 is 0 Å². The summed E-state index contributed by atoms with van der Waals surface area (Å²) >= 11 is 0. The van der Waals surface area contributed by atoms with Gasteiger partial charge in [-0.3, -0.25) is 4.79 Å². The number of benzene rings is 1. The quantitative estimate of drug-likeness (QED) is 0.803. The summed E-state index contributed by atoms with van der Waals surface area (Å²) < 4.78 is 5.20. The Balaban J connectivity index is 2.17. The highest BCUT2D eigenvalue weighted by molar-refractivity contribution is 5.96. The van der Waals surface area contributed by atoms with Gasteiger partial charge < -0.3 is 9.32 Å². The maximum absolute atomic E-state index is 12.3. The Bertz CT molecular complexity index is 488. The van der Waals surface area contributed by atoms with Crippen LogP contribution in [0, 0.1) is 0 Å². The zero-order valence-corrected chi connectivity index (χ0v) is 10.7. The molecular weight excluding hydrogens is 226 g/mol. The molecule has 1 heterocycles. The summed E-state index contributed by atoms with van der Waals surface area (Å²) in [6.07, 6.45) is 2.26. The van der Waals surface area contributed by atoms with E-state index in [9.17, 15) is 4.79 Å². The number of ketones is 1. The van der Waals surface area contributed by atoms with Crippen LogP contribution in [-0.4, -0.2) is 25.9 Å². The summed E-state index contributed by atoms with van der Waals surface area (Å²) in [5, 5.41) is 0. The van der Waals surface area contributed by atoms with Gasteiger partial charge in [0.1, 0.15) is 0 Å². The smallest absolute Gasteiger partial charge is 0.255 e. The minimum absolute atomic E-state index is 0.0591. The first-order valence-corrected chi connectivity index (χ1v) is 6.10. The molecule has 0 aliphatic carbocycles. The van der Waals surface area contributed by atoms with Crippen LogP contribution in [0.5, 0.6) is 0 Å². The Kier molecular flexibility index (Phi) is 3.95. The van der Waals surface area contributed by atoms with Gasteiger partial charge in [0.05, 0.1) is 20.4 Å². The summed E-state index contributed by atoms with van der Waals surface area (Å²) in [6, 6.07) is 13.4. The molecule has 0 aliphatic rings. The van der Waals surface area contributed by atoms with Gasteiger partial charge in [-0.25, -0.2) is 0 Å². The van der Waals surface area contributed by atoms with Crippen LogP contribution in [0.1, 0.15) is 16.1 Å². The first-order valence-electron chi connectivity index (χ1n) is 6.10. The Morgan fingerprint density at radius 3 is 2.44 bits per heavy atom. The first-order chi connectivity index (χ1) is 8.68. The summed E-state index contributed by atoms with van der Waals surface area (Å²) in [7, 11) is 3.99. The average Bonchev–Trinajstić information content (AvgIpc) is 2.90. The van der Waals surface area contributed by atoms with E-state index in [0.29, 0.717) is 5.76 Å². The molecule has 0 bridgehead atoms. The predicted molar refractivity (Wildman–Crippen MR) is 69.8 cm³/mol. The monoisotopic (exact) mass is 244 g/mol. The fourth-order valence-electron chi connectivity index (χ4n) is 2.00. The fraction of sp³-hybridized carbons (Fsp3) is 0.267. The molecule has 0 aliphatic heterocycles. The number of carbonyl (C=O) groups excluding carboxylic acids is 1. The lowest BCUT2D eigenvalue weighted by Crippen LogP contribution is -3.11. The molecule has 0 amide bonds. The zero-order valence-electron chi connectivity index (χ0n) is 10.7. The standard InChI is InChI=1S/C15H17NO2/c1-16(2)13(11-12-7-4-3-5-8-12)15(17)14-9-6-10-18-14/h3-10,13H,11H2,1-2H3/p+1/t13-/m0/s1. The van der Waals surface area contributed by atoms with Gasteiger partial charge in [-0.2, -0.15) is 0 Å². The number of rotatable bonds is 5. The second-order valence-corrected chi connectivity index (χ2v) is 4.66. The van der Waals surface area contributed by atoms with Crippen molar-refractivity contribution in [3.63, 3.8) is 0 Å². The molecule has 0 spiro atoms. The second-order valence-electron chi connectivity index (χ2n) is 4.66. The van der Waals surface area contributed by atoms with Crippen LogP contribution in [0.25, 0.3) is 0 Å². The molecule has 1 aromatic carbocycles. The molecule has 18 heavy (non-hydrogen) atoms. The van der Waals surface area contributed by atoms with E-state index in [0.717, 1.165) is 11.3 Å². The van der Waals surface area contributed by atoms with Crippen molar-refractivity contribution in [1.82, 2.24) is 0 Å². The molecule has 3 nitrogen and oxygen atoms in total. The molecule has 3 heteroatoms. The van der Waals surface area contributed by atoms with Crippen LogP contribution in [-0.2, 0) is 6.42 Å². The van der Waals surface area contributed by atoms with Crippen molar-refractivity contribution in [2.75, 3.05) is 14.1 Å². The van der Waals surface area contributed by atoms with Gasteiger partial charge in [-0.1, -0.05) is 30.3 Å². The Morgan fingerprint density at radius 1 is 1.17 bits per heavy atom. The fourth-order valence-corrected chi connectivity index (χ4v) is 2.00. The third-order valence-corrected chi connectivity index (χ3v) is 3.06. The Morgan fingerprint density at radius 2 is 1.89 bits per heavy atom. The van der Waals surface area contributed by atoms with Gasteiger partial charge in [0.15, 0.2) is 11.8 Å². The van der Waals surface area contributed by atoms with Crippen molar-refractivity contribution in [1.29, 1.82) is 0 Å². The van der Waals surface area contributed by atoms with E-state index < -0.39 is 0 Å². The number of Topliss-reactive ketones (excluding diaryl/α,β-unsaturated/α-hetero) is 1. The lowest BCUT2D eigenvalue weighted by Gasteiger charge is -2.19. The summed E-state index contributed by atoms with van der Waals surface area (Å²) in [6.45, 7) is 0. The minimum Gasteiger partial charge on any atom is -0.461 e. The maximum Gasteiger partial charge on any atom is 0.255 e. The minimum atomic E-state index is -0.112. The van der Waals surface area contributed by atoms with Crippen molar-refractivity contribution in [2.24, 2.45) is 0 Å². The Hall–Kier alpha value is -1.87. The van der Waals surface area contributed by atoms with Gasteiger partial charge in [0, 0.05) is 6.42 Å². The van der Waals surface area contributed by atoms with Gasteiger partial charge in [0.25, 0.3) is 5.78 Å². The van der Waals surface area contributed by atoms with Crippen molar-refractivity contribution in [2.45, 2.75) is 12.5 Å². The number of furan rings is 1. The molecule has 0 unspecified atom stereocenters. The molecular formula is C15H18NO2+. The van der Waals surface area contributed by atoms with Crippen LogP contribution in [0.15, 0.2) is 53.1 Å². The number of likely N-dealkylation sites (N-methyl/N-ethyl adjacent to an activating group) is 1. The molecule has 1 atom stereocenters. The van der Waals surface area contributed by atoms with E-state index in [2.05, 4.69) is 0 Å². The summed E-state index contributed by atoms with van der Waals surface area (Å²) in [4.78, 5) is 13.4. The SMILES string of the molecule is C[NH+](C)[C@@H](Cc1ccccc1)C(=O)c1ccco1. The molecule has 94 valence electrons. The number of quaternary nitrogens is 1. The molecule has 1 aromatic heterocycles. The third-order valence-electron chi connectivity index (χ3n) is 3.06. The number of nitrogens with one attached hydrogen (secondary N) is 1. The molecule has 2 rings (SSSR count). The van der Waals surface area contributed by atoms with Gasteiger partial charge in [-0.15, -0.1) is 0 Å². The van der Waals surface area contributed by atoms with Gasteiger partial charge in [0.2, 0.25) is 0 Å². The molecule has 0 radical (unpaired) electrons. The largest absolute Gasteiger partial charge is 0.461 e. The van der Waals surface area contributed by atoms with Crippen molar-refractivity contribution in [3.05, 3.63) is 60.1 Å². The van der Waals surface area contributed by atoms with Crippen LogP contribution < -0.4 is 4.90 Å². The van der Waals surface area contributed by atoms with Crippen LogP contribution in [0.4, 0.5) is 0 Å². The van der Waals surface area contributed by atoms with E-state index in [4.69, 9.17) is 4.42 Å². The van der Waals surface area contributed by atoms with Crippen LogP contribution in [0.2, 0.25) is 0 Å². The highest BCUT2D eigenvalue weighted by Gasteiger charge is 2.27. The molecule has 1 N–H and O–H groups in total. The van der Waals surface area contributed by atoms with E-state index in [-0.39, 0.29) is 11.8 Å². The first kappa shape index (κ1) is 12.6. The highest BCUT2D eigenvalue weighted by atomic mass is 16.3. The lowest BCUT2D eigenvalue weighted by molar-refractivity contribution is -0.874. The molecule has 0 saturated carbocycles. The average molecular weight is 244 g/mol. The number of hydrogen-bond donors (Lipinski definition) is 1. The van der Waals surface area contributed by atoms with E-state index in [1.807, 2.05) is 44.4 Å². The summed E-state index contributed by atoms with van der Waals surface area (Å²) in [5.41, 5.74) is 1.17. The number of hydrogen-bond acceptors (Lipinski definition) is 2. The predicted octanol–water partition coefficient (Wildman–Crippen LogP) is 1.22. The van der Waals surface area contributed by atoms with E-state index in [1.165, 1.54) is 11.8 Å². The number of carbonyl (C=O) groups is 1.